The van der Waals surface area contributed by atoms with Crippen molar-refractivity contribution in [2.45, 2.75) is 45.7 Å². The maximum Gasteiger partial charge on any atom is 0.287 e. The zero-order chi connectivity index (χ0) is 19.9. The molecule has 2 heterocycles. The van der Waals surface area contributed by atoms with Crippen molar-refractivity contribution in [1.82, 2.24) is 20.2 Å². The molecule has 0 atom stereocenters. The molecule has 1 aromatic heterocycles. The number of amides is 2. The summed E-state index contributed by atoms with van der Waals surface area (Å²) in [6.45, 7) is 4.28. The lowest BCUT2D eigenvalue weighted by Crippen LogP contribution is -2.27. The van der Waals surface area contributed by atoms with Gasteiger partial charge in [0.15, 0.2) is 5.82 Å². The molecule has 2 aromatic rings. The summed E-state index contributed by atoms with van der Waals surface area (Å²) < 4.78 is 6.91. The summed E-state index contributed by atoms with van der Waals surface area (Å²) in [6, 6.07) is 7.95. The molecule has 1 aromatic carbocycles. The fourth-order valence-electron chi connectivity index (χ4n) is 3.46. The summed E-state index contributed by atoms with van der Waals surface area (Å²) in [5.74, 6) is -0.144. The number of nitrogens with one attached hydrogen (secondary N) is 2. The van der Waals surface area contributed by atoms with E-state index in [1.54, 1.807) is 7.11 Å². The van der Waals surface area contributed by atoms with Crippen LogP contribution in [-0.4, -0.2) is 41.6 Å². The molecule has 0 radical (unpaired) electrons. The van der Waals surface area contributed by atoms with E-state index in [-0.39, 0.29) is 11.8 Å². The van der Waals surface area contributed by atoms with Crippen molar-refractivity contribution in [3.8, 4) is 0 Å². The van der Waals surface area contributed by atoms with Gasteiger partial charge >= 0.3 is 0 Å². The summed E-state index contributed by atoms with van der Waals surface area (Å²) in [5.41, 5.74) is 3.43. The topological polar surface area (TPSA) is 85.2 Å². The lowest BCUT2D eigenvalue weighted by molar-refractivity contribution is 0.0934. The van der Waals surface area contributed by atoms with Crippen LogP contribution in [0.2, 0.25) is 0 Å². The maximum atomic E-state index is 12.8. The van der Waals surface area contributed by atoms with Gasteiger partial charge in [-0.3, -0.25) is 9.59 Å². The Morgan fingerprint density at radius 3 is 2.79 bits per heavy atom. The van der Waals surface area contributed by atoms with Crippen LogP contribution >= 0.6 is 0 Å². The Bertz CT molecular complexity index is 844. The number of aromatic nitrogens is 2. The minimum Gasteiger partial charge on any atom is -0.385 e. The molecule has 0 fully saturated rings. The number of benzene rings is 1. The first kappa shape index (κ1) is 20.1. The first-order valence-corrected chi connectivity index (χ1v) is 9.81. The zero-order valence-corrected chi connectivity index (χ0v) is 16.6. The van der Waals surface area contributed by atoms with Gasteiger partial charge in [-0.1, -0.05) is 24.3 Å². The van der Waals surface area contributed by atoms with Crippen LogP contribution in [-0.2, 0) is 24.2 Å². The van der Waals surface area contributed by atoms with Crippen molar-refractivity contribution in [3.05, 3.63) is 52.6 Å². The number of imidazole rings is 1. The third kappa shape index (κ3) is 4.59. The minimum atomic E-state index is -0.246. The van der Waals surface area contributed by atoms with Crippen molar-refractivity contribution >= 4 is 11.8 Å². The summed E-state index contributed by atoms with van der Waals surface area (Å²) in [6.07, 6.45) is 3.48. The summed E-state index contributed by atoms with van der Waals surface area (Å²) in [4.78, 5) is 29.8. The Morgan fingerprint density at radius 1 is 1.18 bits per heavy atom. The fraction of sp³-hybridized carbons (Fsp3) is 0.476. The van der Waals surface area contributed by atoms with Gasteiger partial charge in [-0.05, 0) is 43.7 Å². The first-order chi connectivity index (χ1) is 13.6. The Kier molecular flexibility index (Phi) is 6.81. The van der Waals surface area contributed by atoms with E-state index in [1.165, 1.54) is 0 Å². The lowest BCUT2D eigenvalue weighted by Gasteiger charge is -2.17. The van der Waals surface area contributed by atoms with E-state index in [0.717, 1.165) is 42.5 Å². The average molecular weight is 384 g/mol. The SMILES string of the molecule is COCCCNC(=O)c1nc(C(=O)NCc2ccccc2C)n2c1CCCC2. The number of nitrogens with zero attached hydrogens (tertiary/aromatic N) is 2. The number of carbonyl (C=O) groups is 2. The second-order valence-electron chi connectivity index (χ2n) is 7.05. The molecule has 0 unspecified atom stereocenters. The zero-order valence-electron chi connectivity index (χ0n) is 16.6. The molecular formula is C21H28N4O3. The predicted molar refractivity (Wildman–Crippen MR) is 106 cm³/mol. The highest BCUT2D eigenvalue weighted by Crippen LogP contribution is 2.21. The van der Waals surface area contributed by atoms with Crippen molar-refractivity contribution in [2.24, 2.45) is 0 Å². The van der Waals surface area contributed by atoms with Crippen molar-refractivity contribution < 1.29 is 14.3 Å². The van der Waals surface area contributed by atoms with Crippen LogP contribution in [0.5, 0.6) is 0 Å². The number of methoxy groups -OCH3 is 1. The maximum absolute atomic E-state index is 12.8. The van der Waals surface area contributed by atoms with Crippen LogP contribution in [0.1, 0.15) is 57.2 Å². The van der Waals surface area contributed by atoms with E-state index >= 15 is 0 Å². The van der Waals surface area contributed by atoms with E-state index in [1.807, 2.05) is 35.8 Å². The van der Waals surface area contributed by atoms with Crippen LogP contribution in [0.3, 0.4) is 0 Å². The molecule has 1 aliphatic heterocycles. The second-order valence-corrected chi connectivity index (χ2v) is 7.05. The van der Waals surface area contributed by atoms with Crippen LogP contribution in [0, 0.1) is 6.92 Å². The van der Waals surface area contributed by atoms with Gasteiger partial charge in [-0.15, -0.1) is 0 Å². The molecule has 0 saturated carbocycles. The number of rotatable bonds is 8. The summed E-state index contributed by atoms with van der Waals surface area (Å²) in [5, 5.41) is 5.82. The fourth-order valence-corrected chi connectivity index (χ4v) is 3.46. The van der Waals surface area contributed by atoms with Gasteiger partial charge in [0.2, 0.25) is 0 Å². The number of hydrogen-bond donors (Lipinski definition) is 2. The molecule has 2 amide bonds. The van der Waals surface area contributed by atoms with Crippen molar-refractivity contribution in [2.75, 3.05) is 20.3 Å². The minimum absolute atomic E-state index is 0.222. The highest BCUT2D eigenvalue weighted by Gasteiger charge is 2.27. The van der Waals surface area contributed by atoms with Gasteiger partial charge in [0.25, 0.3) is 11.8 Å². The third-order valence-corrected chi connectivity index (χ3v) is 5.05. The highest BCUT2D eigenvalue weighted by atomic mass is 16.5. The summed E-state index contributed by atoms with van der Waals surface area (Å²) in [7, 11) is 1.63. The number of hydrogen-bond acceptors (Lipinski definition) is 4. The highest BCUT2D eigenvalue weighted by molar-refractivity contribution is 5.97. The number of ether oxygens (including phenoxy) is 1. The van der Waals surface area contributed by atoms with Gasteiger partial charge in [0.1, 0.15) is 5.69 Å². The quantitative estimate of drug-likeness (QED) is 0.684. The lowest BCUT2D eigenvalue weighted by atomic mass is 10.1. The van der Waals surface area contributed by atoms with E-state index in [2.05, 4.69) is 15.6 Å². The molecule has 0 saturated heterocycles. The molecule has 0 spiro atoms. The monoisotopic (exact) mass is 384 g/mol. The molecule has 0 bridgehead atoms. The van der Waals surface area contributed by atoms with Crippen LogP contribution < -0.4 is 10.6 Å². The van der Waals surface area contributed by atoms with E-state index < -0.39 is 0 Å². The molecule has 3 rings (SSSR count). The van der Waals surface area contributed by atoms with E-state index in [9.17, 15) is 9.59 Å². The van der Waals surface area contributed by atoms with Gasteiger partial charge < -0.3 is 19.9 Å². The Morgan fingerprint density at radius 2 is 2.00 bits per heavy atom. The van der Waals surface area contributed by atoms with Crippen LogP contribution in [0.4, 0.5) is 0 Å². The van der Waals surface area contributed by atoms with E-state index in [4.69, 9.17) is 4.74 Å². The van der Waals surface area contributed by atoms with Gasteiger partial charge in [0, 0.05) is 33.4 Å². The molecule has 7 nitrogen and oxygen atoms in total. The average Bonchev–Trinajstić information content (AvgIpc) is 3.10. The molecule has 2 N–H and O–H groups in total. The molecule has 150 valence electrons. The normalized spacial score (nSPS) is 13.1. The molecular weight excluding hydrogens is 356 g/mol. The smallest absolute Gasteiger partial charge is 0.287 e. The number of aryl methyl sites for hydroxylation is 1. The molecule has 0 aliphatic carbocycles. The second kappa shape index (κ2) is 9.50. The van der Waals surface area contributed by atoms with Gasteiger partial charge in [-0.2, -0.15) is 0 Å². The first-order valence-electron chi connectivity index (χ1n) is 9.81. The van der Waals surface area contributed by atoms with Crippen LogP contribution in [0.15, 0.2) is 24.3 Å². The molecule has 28 heavy (non-hydrogen) atoms. The number of carbonyl (C=O) groups excluding carboxylic acids is 2. The third-order valence-electron chi connectivity index (χ3n) is 5.05. The summed E-state index contributed by atoms with van der Waals surface area (Å²) >= 11 is 0. The van der Waals surface area contributed by atoms with E-state index in [0.29, 0.717) is 37.8 Å². The molecule has 7 heteroatoms. The standard InChI is InChI=1S/C21H28N4O3/c1-15-8-3-4-9-16(15)14-23-21(27)19-24-18(17-10-5-6-12-25(17)19)20(26)22-11-7-13-28-2/h3-4,8-9H,5-7,10-14H2,1-2H3,(H,22,26)(H,23,27). The van der Waals surface area contributed by atoms with Crippen molar-refractivity contribution in [1.29, 1.82) is 0 Å². The Labute approximate surface area is 165 Å². The Hall–Kier alpha value is -2.67. The predicted octanol–water partition coefficient (Wildman–Crippen LogP) is 2.22. The van der Waals surface area contributed by atoms with Crippen LogP contribution in [0.25, 0.3) is 0 Å². The van der Waals surface area contributed by atoms with Crippen molar-refractivity contribution in [3.63, 3.8) is 0 Å². The number of fused-ring (bicyclic) bond motifs is 1. The van der Waals surface area contributed by atoms with Gasteiger partial charge in [0.05, 0.1) is 5.69 Å². The van der Waals surface area contributed by atoms with Gasteiger partial charge in [-0.25, -0.2) is 4.98 Å². The Balaban J connectivity index is 1.73. The molecule has 1 aliphatic rings. The largest absolute Gasteiger partial charge is 0.385 e.